The Morgan fingerprint density at radius 3 is 2.56 bits per heavy atom. The third-order valence-electron chi connectivity index (χ3n) is 4.20. The van der Waals surface area contributed by atoms with Crippen molar-refractivity contribution < 1.29 is 24.0 Å². The Morgan fingerprint density at radius 2 is 1.91 bits per heavy atom. The molecule has 0 unspecified atom stereocenters. The molecule has 0 aliphatic heterocycles. The van der Waals surface area contributed by atoms with E-state index in [0.717, 1.165) is 5.56 Å². The molecule has 2 aromatic carbocycles. The van der Waals surface area contributed by atoms with E-state index in [-0.39, 0.29) is 18.3 Å². The number of anilines is 1. The van der Waals surface area contributed by atoms with Gasteiger partial charge < -0.3 is 25.0 Å². The fraction of sp³-hybridized carbons (Fsp3) is 0.227. The van der Waals surface area contributed by atoms with E-state index in [2.05, 4.69) is 15.8 Å². The predicted octanol–water partition coefficient (Wildman–Crippen LogP) is 4.86. The van der Waals surface area contributed by atoms with E-state index >= 15 is 0 Å². The van der Waals surface area contributed by atoms with Crippen LogP contribution in [0.15, 0.2) is 47.0 Å². The Kier molecular flexibility index (Phi) is 7.74. The Labute approximate surface area is 194 Å². The van der Waals surface area contributed by atoms with Crippen LogP contribution in [0.5, 0.6) is 5.75 Å². The summed E-state index contributed by atoms with van der Waals surface area (Å²) < 4.78 is 10.9. The topological polar surface area (TPSA) is 114 Å². The number of ether oxygens (including phenoxy) is 1. The number of benzene rings is 2. The second kappa shape index (κ2) is 10.5. The van der Waals surface area contributed by atoms with E-state index in [4.69, 9.17) is 37.6 Å². The number of aliphatic carboxylic acids is 1. The van der Waals surface area contributed by atoms with Crippen molar-refractivity contribution in [2.24, 2.45) is 0 Å². The zero-order valence-electron chi connectivity index (χ0n) is 17.3. The van der Waals surface area contributed by atoms with Crippen LogP contribution >= 0.6 is 23.2 Å². The summed E-state index contributed by atoms with van der Waals surface area (Å²) in [7, 11) is 0. The number of hydrogen-bond donors (Lipinski definition) is 3. The number of aromatic nitrogens is 1. The van der Waals surface area contributed by atoms with Gasteiger partial charge in [-0.3, -0.25) is 9.59 Å². The molecule has 3 N–H and O–H groups in total. The minimum atomic E-state index is -0.942. The second-order valence-corrected chi connectivity index (χ2v) is 7.97. The minimum absolute atomic E-state index is 0.0246. The van der Waals surface area contributed by atoms with Gasteiger partial charge in [0.1, 0.15) is 5.75 Å². The molecule has 0 bridgehead atoms. The normalized spacial score (nSPS) is 10.9. The number of carbonyl (C=O) groups is 2. The highest BCUT2D eigenvalue weighted by Crippen LogP contribution is 2.31. The highest BCUT2D eigenvalue weighted by Gasteiger charge is 2.17. The number of rotatable bonds is 9. The highest BCUT2D eigenvalue weighted by atomic mass is 35.5. The first-order chi connectivity index (χ1) is 15.2. The van der Waals surface area contributed by atoms with E-state index < -0.39 is 11.9 Å². The van der Waals surface area contributed by atoms with E-state index in [1.807, 2.05) is 13.8 Å². The van der Waals surface area contributed by atoms with Crippen molar-refractivity contribution in [1.29, 1.82) is 0 Å². The molecule has 10 heteroatoms. The standard InChI is InChI=1S/C22H21Cl2N3O5/c1-12(2)31-19-6-4-14(8-17(19)24)26-22(30)18-9-20(32-27-18)15-5-3-13(7-16(15)23)10-25-11-21(28)29/h3-9,12,25H,10-11H2,1-2H3,(H,26,30)(H,28,29). The summed E-state index contributed by atoms with van der Waals surface area (Å²) in [6.45, 7) is 3.98. The molecule has 0 aliphatic carbocycles. The van der Waals surface area contributed by atoms with Gasteiger partial charge in [-0.05, 0) is 49.7 Å². The summed E-state index contributed by atoms with van der Waals surface area (Å²) in [6.07, 6.45) is -0.0246. The van der Waals surface area contributed by atoms with Gasteiger partial charge >= 0.3 is 5.97 Å². The molecule has 168 valence electrons. The van der Waals surface area contributed by atoms with Crippen LogP contribution in [0.2, 0.25) is 10.0 Å². The lowest BCUT2D eigenvalue weighted by Gasteiger charge is -2.12. The molecule has 8 nitrogen and oxygen atoms in total. The van der Waals surface area contributed by atoms with Gasteiger partial charge in [-0.25, -0.2) is 0 Å². The second-order valence-electron chi connectivity index (χ2n) is 7.15. The van der Waals surface area contributed by atoms with Crippen molar-refractivity contribution in [3.63, 3.8) is 0 Å². The maximum atomic E-state index is 12.5. The zero-order chi connectivity index (χ0) is 23.3. The Balaban J connectivity index is 1.68. The van der Waals surface area contributed by atoms with Crippen LogP contribution < -0.4 is 15.4 Å². The van der Waals surface area contributed by atoms with Crippen molar-refractivity contribution in [2.75, 3.05) is 11.9 Å². The van der Waals surface area contributed by atoms with Gasteiger partial charge in [0.25, 0.3) is 5.91 Å². The summed E-state index contributed by atoms with van der Waals surface area (Å²) in [5.41, 5.74) is 1.91. The Hall–Kier alpha value is -3.07. The van der Waals surface area contributed by atoms with Gasteiger partial charge in [-0.15, -0.1) is 0 Å². The number of carboxylic acids is 1. The van der Waals surface area contributed by atoms with Crippen molar-refractivity contribution in [3.05, 3.63) is 63.8 Å². The fourth-order valence-corrected chi connectivity index (χ4v) is 3.34. The fourth-order valence-electron chi connectivity index (χ4n) is 2.81. The number of carbonyl (C=O) groups excluding carboxylic acids is 1. The number of amides is 1. The predicted molar refractivity (Wildman–Crippen MR) is 121 cm³/mol. The molecule has 32 heavy (non-hydrogen) atoms. The number of carboxylic acid groups (broad SMARTS) is 1. The third kappa shape index (κ3) is 6.23. The van der Waals surface area contributed by atoms with Crippen LogP contribution in [0.1, 0.15) is 29.9 Å². The molecule has 0 saturated carbocycles. The molecule has 0 aliphatic rings. The average Bonchev–Trinajstić information content (AvgIpc) is 3.20. The molecule has 1 amide bonds. The molecule has 0 saturated heterocycles. The quantitative estimate of drug-likeness (QED) is 0.403. The number of nitrogens with one attached hydrogen (secondary N) is 2. The smallest absolute Gasteiger partial charge is 0.317 e. The van der Waals surface area contributed by atoms with Crippen LogP contribution in [-0.2, 0) is 11.3 Å². The largest absolute Gasteiger partial charge is 0.489 e. The molecule has 3 aromatic rings. The van der Waals surface area contributed by atoms with Crippen LogP contribution in [0, 0.1) is 0 Å². The van der Waals surface area contributed by atoms with Crippen molar-refractivity contribution in [3.8, 4) is 17.1 Å². The molecular weight excluding hydrogens is 457 g/mol. The number of halogens is 2. The van der Waals surface area contributed by atoms with Gasteiger partial charge in [0.2, 0.25) is 0 Å². The van der Waals surface area contributed by atoms with Gasteiger partial charge in [0, 0.05) is 23.9 Å². The minimum Gasteiger partial charge on any atom is -0.489 e. The van der Waals surface area contributed by atoms with Crippen molar-refractivity contribution in [1.82, 2.24) is 10.5 Å². The van der Waals surface area contributed by atoms with Gasteiger partial charge in [-0.2, -0.15) is 0 Å². The third-order valence-corrected chi connectivity index (χ3v) is 4.81. The lowest BCUT2D eigenvalue weighted by atomic mass is 10.1. The Morgan fingerprint density at radius 1 is 1.12 bits per heavy atom. The van der Waals surface area contributed by atoms with E-state index in [1.54, 1.807) is 36.4 Å². The first-order valence-corrected chi connectivity index (χ1v) is 10.4. The molecule has 0 atom stereocenters. The van der Waals surface area contributed by atoms with Crippen molar-refractivity contribution in [2.45, 2.75) is 26.5 Å². The molecule has 3 rings (SSSR count). The molecule has 0 spiro atoms. The summed E-state index contributed by atoms with van der Waals surface area (Å²) in [4.78, 5) is 23.1. The van der Waals surface area contributed by atoms with E-state index in [9.17, 15) is 9.59 Å². The number of hydrogen-bond acceptors (Lipinski definition) is 6. The monoisotopic (exact) mass is 477 g/mol. The summed E-state index contributed by atoms with van der Waals surface area (Å²) >= 11 is 12.5. The average molecular weight is 478 g/mol. The SMILES string of the molecule is CC(C)Oc1ccc(NC(=O)c2cc(-c3ccc(CNCC(=O)O)cc3Cl)on2)cc1Cl. The van der Waals surface area contributed by atoms with E-state index in [0.29, 0.717) is 39.4 Å². The summed E-state index contributed by atoms with van der Waals surface area (Å²) in [6, 6.07) is 11.6. The molecule has 1 heterocycles. The molecular formula is C22H21Cl2N3O5. The van der Waals surface area contributed by atoms with Crippen LogP contribution in [0.4, 0.5) is 5.69 Å². The lowest BCUT2D eigenvalue weighted by Crippen LogP contribution is -2.21. The van der Waals surface area contributed by atoms with Gasteiger partial charge in [0.15, 0.2) is 11.5 Å². The molecule has 0 fully saturated rings. The summed E-state index contributed by atoms with van der Waals surface area (Å²) in [5, 5.41) is 18.8. The van der Waals surface area contributed by atoms with Crippen LogP contribution in [-0.4, -0.2) is 34.8 Å². The molecule has 0 radical (unpaired) electrons. The Bertz CT molecular complexity index is 1130. The van der Waals surface area contributed by atoms with Gasteiger partial charge in [-0.1, -0.05) is 34.4 Å². The first-order valence-electron chi connectivity index (χ1n) is 9.68. The number of nitrogens with zero attached hydrogens (tertiary/aromatic N) is 1. The zero-order valence-corrected chi connectivity index (χ0v) is 18.8. The van der Waals surface area contributed by atoms with Crippen molar-refractivity contribution >= 4 is 40.8 Å². The maximum absolute atomic E-state index is 12.5. The van der Waals surface area contributed by atoms with Crippen LogP contribution in [0.25, 0.3) is 11.3 Å². The van der Waals surface area contributed by atoms with Gasteiger partial charge in [0.05, 0.1) is 22.7 Å². The highest BCUT2D eigenvalue weighted by molar-refractivity contribution is 6.33. The van der Waals surface area contributed by atoms with E-state index in [1.165, 1.54) is 6.07 Å². The molecule has 1 aromatic heterocycles. The lowest BCUT2D eigenvalue weighted by molar-refractivity contribution is -0.136. The van der Waals surface area contributed by atoms with Crippen LogP contribution in [0.3, 0.4) is 0 Å². The maximum Gasteiger partial charge on any atom is 0.317 e. The first kappa shape index (κ1) is 23.6. The summed E-state index contributed by atoms with van der Waals surface area (Å²) in [5.74, 6) is -0.565.